The summed E-state index contributed by atoms with van der Waals surface area (Å²) in [6.07, 6.45) is 1.92. The van der Waals surface area contributed by atoms with Crippen molar-refractivity contribution in [2.24, 2.45) is 7.05 Å². The molecule has 12 aromatic rings. The van der Waals surface area contributed by atoms with Gasteiger partial charge in [0.25, 0.3) is 0 Å². The number of nitrogens with zero attached hydrogens (tertiary/aromatic N) is 4. The van der Waals surface area contributed by atoms with Crippen LogP contribution in [-0.2, 0) is 7.05 Å². The SMILES string of the molecule is Cn1c(-c2cccc([Si](c3ccccc3)(c3ccccc3)c3cccc(-n4c5cc6c(cc5c5cccnc54)Oc4ccccc4[Si]6(c4ccccc4)c4ccccc4)c3)c2)nc2ccccc21. The standard InChI is InChI=1S/C61H44N4OSi2/c1-64-54-35-15-14-34-53(54)63-60(64)43-21-18-31-49(39-43)67(45-23-6-2-7-24-45,46-25-8-3-9-26-46)50-32-19-22-44(40-50)65-55-42-59-57(41-52(55)51-33-20-38-62-61(51)65)66-56-36-16-17-37-58(56)68(59,47-27-10-4-11-28-47)48-29-12-5-13-30-48/h2-42H,1H3. The first-order valence-corrected chi connectivity index (χ1v) is 27.2. The van der Waals surface area contributed by atoms with E-state index in [0.29, 0.717) is 0 Å². The molecule has 0 unspecified atom stereocenters. The molecule has 0 fully saturated rings. The molecule has 322 valence electrons. The van der Waals surface area contributed by atoms with Crippen LogP contribution in [-0.4, -0.2) is 35.2 Å². The van der Waals surface area contributed by atoms with Gasteiger partial charge in [0.1, 0.15) is 23.0 Å². The number of aryl methyl sites for hydroxylation is 1. The molecule has 0 saturated heterocycles. The summed E-state index contributed by atoms with van der Waals surface area (Å²) in [4.78, 5) is 10.4. The lowest BCUT2D eigenvalue weighted by Crippen LogP contribution is -2.76. The molecule has 0 N–H and O–H groups in total. The lowest BCUT2D eigenvalue weighted by atomic mass is 10.2. The number of fused-ring (bicyclic) bond motifs is 6. The summed E-state index contributed by atoms with van der Waals surface area (Å²) in [5, 5.41) is 12.4. The summed E-state index contributed by atoms with van der Waals surface area (Å²) >= 11 is 0. The first-order chi connectivity index (χ1) is 33.6. The van der Waals surface area contributed by atoms with Gasteiger partial charge in [-0.25, -0.2) is 9.97 Å². The van der Waals surface area contributed by atoms with Gasteiger partial charge in [-0.1, -0.05) is 188 Å². The molecule has 0 saturated carbocycles. The first kappa shape index (κ1) is 40.0. The van der Waals surface area contributed by atoms with E-state index in [0.717, 1.165) is 61.5 Å². The number of imidazole rings is 1. The van der Waals surface area contributed by atoms with E-state index in [9.17, 15) is 0 Å². The Morgan fingerprint density at radius 3 is 1.76 bits per heavy atom. The van der Waals surface area contributed by atoms with Crippen LogP contribution in [0, 0.1) is 0 Å². The van der Waals surface area contributed by atoms with Gasteiger partial charge >= 0.3 is 0 Å². The van der Waals surface area contributed by atoms with Crippen molar-refractivity contribution in [2.75, 3.05) is 0 Å². The van der Waals surface area contributed by atoms with Crippen LogP contribution in [0.2, 0.25) is 0 Å². The van der Waals surface area contributed by atoms with E-state index in [1.807, 2.05) is 12.3 Å². The lowest BCUT2D eigenvalue weighted by Gasteiger charge is -2.39. The second kappa shape index (κ2) is 15.9. The summed E-state index contributed by atoms with van der Waals surface area (Å²) < 4.78 is 11.6. The summed E-state index contributed by atoms with van der Waals surface area (Å²) in [5.74, 6) is 2.76. The fraction of sp³-hybridized carbons (Fsp3) is 0.0164. The number of pyridine rings is 1. The van der Waals surface area contributed by atoms with Crippen LogP contribution >= 0.6 is 0 Å². The number of hydrogen-bond acceptors (Lipinski definition) is 3. The fourth-order valence-corrected chi connectivity index (χ4v) is 21.1. The number of benzene rings is 9. The topological polar surface area (TPSA) is 44.9 Å². The van der Waals surface area contributed by atoms with Crippen LogP contribution in [0.3, 0.4) is 0 Å². The van der Waals surface area contributed by atoms with Gasteiger partial charge in [0.15, 0.2) is 16.1 Å². The third kappa shape index (κ3) is 5.92. The molecule has 7 heteroatoms. The molecule has 0 atom stereocenters. The van der Waals surface area contributed by atoms with E-state index in [4.69, 9.17) is 14.7 Å². The van der Waals surface area contributed by atoms with E-state index in [1.165, 1.54) is 41.5 Å². The van der Waals surface area contributed by atoms with Crippen molar-refractivity contribution in [3.63, 3.8) is 0 Å². The average Bonchev–Trinajstić information content (AvgIpc) is 3.92. The van der Waals surface area contributed by atoms with Crippen molar-refractivity contribution in [3.8, 4) is 28.6 Å². The molecule has 1 aliphatic rings. The smallest absolute Gasteiger partial charge is 0.188 e. The molecular weight excluding hydrogens is 861 g/mol. The van der Waals surface area contributed by atoms with Gasteiger partial charge in [0, 0.05) is 35.3 Å². The zero-order chi connectivity index (χ0) is 45.2. The van der Waals surface area contributed by atoms with Crippen LogP contribution < -0.4 is 46.2 Å². The molecule has 0 amide bonds. The van der Waals surface area contributed by atoms with Crippen LogP contribution in [0.25, 0.3) is 50.0 Å². The third-order valence-corrected chi connectivity index (χ3v) is 23.8. The van der Waals surface area contributed by atoms with Crippen LogP contribution in [0.4, 0.5) is 0 Å². The highest BCUT2D eigenvalue weighted by Gasteiger charge is 2.48. The number of ether oxygens (including phenoxy) is 1. The monoisotopic (exact) mass is 904 g/mol. The predicted molar refractivity (Wildman–Crippen MR) is 286 cm³/mol. The number of para-hydroxylation sites is 3. The highest BCUT2D eigenvalue weighted by atomic mass is 28.3. The van der Waals surface area contributed by atoms with Crippen LogP contribution in [0.15, 0.2) is 249 Å². The van der Waals surface area contributed by atoms with Crippen molar-refractivity contribution in [1.82, 2.24) is 19.1 Å². The summed E-state index contributed by atoms with van der Waals surface area (Å²) in [7, 11) is -3.89. The zero-order valence-electron chi connectivity index (χ0n) is 37.4. The summed E-state index contributed by atoms with van der Waals surface area (Å²) in [6, 6.07) is 89.1. The van der Waals surface area contributed by atoms with E-state index in [2.05, 4.69) is 253 Å². The molecule has 4 heterocycles. The van der Waals surface area contributed by atoms with Gasteiger partial charge in [0.2, 0.25) is 0 Å². The second-order valence-corrected chi connectivity index (χ2v) is 25.3. The Balaban J connectivity index is 1.09. The Hall–Kier alpha value is -8.37. The minimum absolute atomic E-state index is 0.896. The Labute approximate surface area is 396 Å². The van der Waals surface area contributed by atoms with Crippen LogP contribution in [0.5, 0.6) is 11.5 Å². The third-order valence-electron chi connectivity index (χ3n) is 14.2. The van der Waals surface area contributed by atoms with Gasteiger partial charge in [-0.2, -0.15) is 0 Å². The maximum atomic E-state index is 7.03. The normalized spacial score (nSPS) is 13.0. The van der Waals surface area contributed by atoms with E-state index < -0.39 is 16.1 Å². The molecule has 3 aromatic heterocycles. The number of aromatic nitrogens is 4. The Bertz CT molecular complexity index is 3770. The molecular formula is C61H44N4OSi2. The molecule has 13 rings (SSSR count). The molecule has 0 spiro atoms. The first-order valence-electron chi connectivity index (χ1n) is 23.2. The number of hydrogen-bond donors (Lipinski definition) is 0. The van der Waals surface area contributed by atoms with Crippen molar-refractivity contribution < 1.29 is 4.74 Å². The van der Waals surface area contributed by atoms with Crippen molar-refractivity contribution in [3.05, 3.63) is 249 Å². The van der Waals surface area contributed by atoms with Gasteiger partial charge in [0.05, 0.1) is 16.6 Å². The van der Waals surface area contributed by atoms with Gasteiger partial charge < -0.3 is 9.30 Å². The van der Waals surface area contributed by atoms with E-state index in [-0.39, 0.29) is 0 Å². The van der Waals surface area contributed by atoms with Crippen LogP contribution in [0.1, 0.15) is 0 Å². The molecule has 9 aromatic carbocycles. The van der Waals surface area contributed by atoms with Gasteiger partial charge in [-0.3, -0.25) is 4.57 Å². The molecule has 5 nitrogen and oxygen atoms in total. The van der Waals surface area contributed by atoms with E-state index in [1.54, 1.807) is 0 Å². The Morgan fingerprint density at radius 1 is 0.456 bits per heavy atom. The van der Waals surface area contributed by atoms with Gasteiger partial charge in [-0.15, -0.1) is 0 Å². The molecule has 68 heavy (non-hydrogen) atoms. The maximum Gasteiger partial charge on any atom is 0.188 e. The zero-order valence-corrected chi connectivity index (χ0v) is 39.4. The van der Waals surface area contributed by atoms with Crippen molar-refractivity contribution in [2.45, 2.75) is 0 Å². The largest absolute Gasteiger partial charge is 0.458 e. The minimum Gasteiger partial charge on any atom is -0.458 e. The van der Waals surface area contributed by atoms with Gasteiger partial charge in [-0.05, 0) is 96.1 Å². The maximum absolute atomic E-state index is 7.03. The molecule has 0 bridgehead atoms. The molecule has 1 aliphatic heterocycles. The minimum atomic E-state index is -3.06. The lowest BCUT2D eigenvalue weighted by molar-refractivity contribution is 0.488. The summed E-state index contributed by atoms with van der Waals surface area (Å²) in [6.45, 7) is 0. The highest BCUT2D eigenvalue weighted by Crippen LogP contribution is 2.37. The Kier molecular flexibility index (Phi) is 9.35. The average molecular weight is 905 g/mol. The molecule has 0 radical (unpaired) electrons. The highest BCUT2D eigenvalue weighted by molar-refractivity contribution is 7.21. The molecule has 0 aliphatic carbocycles. The predicted octanol–water partition coefficient (Wildman–Crippen LogP) is 8.59. The summed E-state index contributed by atoms with van der Waals surface area (Å²) in [5.41, 5.74) is 6.24. The second-order valence-electron chi connectivity index (χ2n) is 17.8. The number of rotatable bonds is 8. The quantitative estimate of drug-likeness (QED) is 0.114. The Morgan fingerprint density at radius 2 is 1.06 bits per heavy atom. The van der Waals surface area contributed by atoms with Crippen molar-refractivity contribution in [1.29, 1.82) is 0 Å². The fourth-order valence-electron chi connectivity index (χ4n) is 11.4. The van der Waals surface area contributed by atoms with Crippen molar-refractivity contribution >= 4 is 90.6 Å². The van der Waals surface area contributed by atoms with E-state index >= 15 is 0 Å².